The lowest BCUT2D eigenvalue weighted by Crippen LogP contribution is -2.32. The standard InChI is InChI=1S/C19H25N3O5S2/c1-19(23,15-8-11-28-13-15)14-20-17-7-6-16(12-18(17)22(24)25)29(26,27)21-9-4-2-3-5-10-21/h6-8,11-13,20,23H,2-5,9-10,14H2,1H3. The third-order valence-electron chi connectivity index (χ3n) is 5.13. The maximum atomic E-state index is 12.9. The topological polar surface area (TPSA) is 113 Å². The lowest BCUT2D eigenvalue weighted by Gasteiger charge is -2.24. The minimum Gasteiger partial charge on any atom is -0.384 e. The van der Waals surface area contributed by atoms with Crippen molar-refractivity contribution in [2.75, 3.05) is 25.0 Å². The highest BCUT2D eigenvalue weighted by molar-refractivity contribution is 7.89. The van der Waals surface area contributed by atoms with Gasteiger partial charge in [0.25, 0.3) is 5.69 Å². The molecule has 158 valence electrons. The molecular weight excluding hydrogens is 414 g/mol. The Bertz CT molecular complexity index is 950. The molecule has 1 aliphatic heterocycles. The fraction of sp³-hybridized carbons (Fsp3) is 0.474. The number of anilines is 1. The monoisotopic (exact) mass is 439 g/mol. The van der Waals surface area contributed by atoms with Gasteiger partial charge in [0.2, 0.25) is 10.0 Å². The summed E-state index contributed by atoms with van der Waals surface area (Å²) in [4.78, 5) is 10.9. The fourth-order valence-electron chi connectivity index (χ4n) is 3.34. The van der Waals surface area contributed by atoms with Crippen LogP contribution in [0.2, 0.25) is 0 Å². The zero-order chi connectivity index (χ0) is 21.1. The second kappa shape index (κ2) is 8.78. The number of nitro benzene ring substituents is 1. The van der Waals surface area contributed by atoms with Crippen molar-refractivity contribution < 1.29 is 18.4 Å². The van der Waals surface area contributed by atoms with Crippen LogP contribution in [0, 0.1) is 10.1 Å². The lowest BCUT2D eigenvalue weighted by molar-refractivity contribution is -0.384. The Balaban J connectivity index is 1.84. The van der Waals surface area contributed by atoms with Gasteiger partial charge in [-0.25, -0.2) is 8.42 Å². The van der Waals surface area contributed by atoms with Crippen molar-refractivity contribution in [3.8, 4) is 0 Å². The summed E-state index contributed by atoms with van der Waals surface area (Å²) in [7, 11) is -3.78. The number of nitro groups is 1. The molecule has 10 heteroatoms. The molecule has 2 heterocycles. The second-order valence-electron chi connectivity index (χ2n) is 7.39. The van der Waals surface area contributed by atoms with Crippen molar-refractivity contribution in [2.24, 2.45) is 0 Å². The Labute approximate surface area is 174 Å². The largest absolute Gasteiger partial charge is 0.384 e. The maximum Gasteiger partial charge on any atom is 0.293 e. The third-order valence-corrected chi connectivity index (χ3v) is 7.71. The molecular formula is C19H25N3O5S2. The molecule has 0 spiro atoms. The summed E-state index contributed by atoms with van der Waals surface area (Å²) < 4.78 is 27.3. The molecule has 0 saturated carbocycles. The normalized spacial score (nSPS) is 18.0. The maximum absolute atomic E-state index is 12.9. The van der Waals surface area contributed by atoms with E-state index in [0.29, 0.717) is 18.7 Å². The van der Waals surface area contributed by atoms with Crippen molar-refractivity contribution in [3.63, 3.8) is 0 Å². The average molecular weight is 440 g/mol. The zero-order valence-corrected chi connectivity index (χ0v) is 17.8. The summed E-state index contributed by atoms with van der Waals surface area (Å²) in [6.45, 7) is 2.52. The highest BCUT2D eigenvalue weighted by Gasteiger charge is 2.29. The van der Waals surface area contributed by atoms with Crippen LogP contribution in [0.4, 0.5) is 11.4 Å². The summed E-state index contributed by atoms with van der Waals surface area (Å²) in [5.74, 6) is 0. The number of rotatable bonds is 7. The smallest absolute Gasteiger partial charge is 0.293 e. The molecule has 1 unspecified atom stereocenters. The molecule has 0 bridgehead atoms. The molecule has 0 amide bonds. The second-order valence-corrected chi connectivity index (χ2v) is 10.1. The third kappa shape index (κ3) is 4.95. The first kappa shape index (κ1) is 21.7. The molecule has 1 saturated heterocycles. The molecule has 0 radical (unpaired) electrons. The quantitative estimate of drug-likeness (QED) is 0.504. The summed E-state index contributed by atoms with van der Waals surface area (Å²) in [6, 6.07) is 5.67. The van der Waals surface area contributed by atoms with E-state index in [1.165, 1.54) is 27.8 Å². The molecule has 8 nitrogen and oxygen atoms in total. The van der Waals surface area contributed by atoms with Crippen LogP contribution in [-0.2, 0) is 15.6 Å². The highest BCUT2D eigenvalue weighted by Crippen LogP contribution is 2.31. The van der Waals surface area contributed by atoms with Crippen molar-refractivity contribution in [2.45, 2.75) is 43.1 Å². The minimum atomic E-state index is -3.78. The molecule has 1 aromatic carbocycles. The van der Waals surface area contributed by atoms with Crippen LogP contribution in [0.1, 0.15) is 38.2 Å². The predicted molar refractivity (Wildman–Crippen MR) is 113 cm³/mol. The molecule has 2 N–H and O–H groups in total. The number of benzene rings is 1. The van der Waals surface area contributed by atoms with E-state index in [1.54, 1.807) is 13.0 Å². The Kier molecular flexibility index (Phi) is 6.57. The number of aliphatic hydroxyl groups is 1. The first-order valence-corrected chi connectivity index (χ1v) is 11.9. The zero-order valence-electron chi connectivity index (χ0n) is 16.2. The lowest BCUT2D eigenvalue weighted by atomic mass is 9.99. The Morgan fingerprint density at radius 1 is 1.24 bits per heavy atom. The van der Waals surface area contributed by atoms with Gasteiger partial charge in [0.1, 0.15) is 11.3 Å². The van der Waals surface area contributed by atoms with Gasteiger partial charge in [0.05, 0.1) is 9.82 Å². The van der Waals surface area contributed by atoms with Crippen molar-refractivity contribution in [1.82, 2.24) is 4.31 Å². The van der Waals surface area contributed by atoms with Gasteiger partial charge >= 0.3 is 0 Å². The van der Waals surface area contributed by atoms with E-state index < -0.39 is 20.5 Å². The molecule has 2 aromatic rings. The average Bonchev–Trinajstić information content (AvgIpc) is 3.09. The summed E-state index contributed by atoms with van der Waals surface area (Å²) in [6.07, 6.45) is 3.55. The van der Waals surface area contributed by atoms with Gasteiger partial charge in [0.15, 0.2) is 0 Å². The van der Waals surface area contributed by atoms with Crippen molar-refractivity contribution in [3.05, 3.63) is 50.7 Å². The van der Waals surface area contributed by atoms with Crippen LogP contribution in [-0.4, -0.2) is 42.4 Å². The number of thiophene rings is 1. The van der Waals surface area contributed by atoms with Crippen LogP contribution < -0.4 is 5.32 Å². The van der Waals surface area contributed by atoms with Crippen molar-refractivity contribution >= 4 is 32.7 Å². The molecule has 1 aromatic heterocycles. The van der Waals surface area contributed by atoms with Gasteiger partial charge in [-0.3, -0.25) is 10.1 Å². The van der Waals surface area contributed by atoms with Gasteiger partial charge in [-0.15, -0.1) is 0 Å². The summed E-state index contributed by atoms with van der Waals surface area (Å²) in [5.41, 5.74) is -0.676. The molecule has 3 rings (SSSR count). The van der Waals surface area contributed by atoms with Gasteiger partial charge in [0, 0.05) is 25.7 Å². The van der Waals surface area contributed by atoms with Crippen LogP contribution in [0.25, 0.3) is 0 Å². The number of nitrogens with one attached hydrogen (secondary N) is 1. The number of nitrogens with zero attached hydrogens (tertiary/aromatic N) is 2. The van der Waals surface area contributed by atoms with Crippen molar-refractivity contribution in [1.29, 1.82) is 0 Å². The Morgan fingerprint density at radius 2 is 1.93 bits per heavy atom. The van der Waals surface area contributed by atoms with Gasteiger partial charge in [-0.05, 0) is 54.3 Å². The fourth-order valence-corrected chi connectivity index (χ4v) is 5.66. The first-order valence-electron chi connectivity index (χ1n) is 9.49. The van der Waals surface area contributed by atoms with Gasteiger partial charge in [-0.1, -0.05) is 12.8 Å². The number of hydrogen-bond acceptors (Lipinski definition) is 7. The molecule has 1 aliphatic rings. The van der Waals surface area contributed by atoms with Gasteiger partial charge in [-0.2, -0.15) is 15.6 Å². The Morgan fingerprint density at radius 3 is 2.52 bits per heavy atom. The molecule has 29 heavy (non-hydrogen) atoms. The molecule has 1 fully saturated rings. The van der Waals surface area contributed by atoms with Crippen LogP contribution >= 0.6 is 11.3 Å². The summed E-state index contributed by atoms with van der Waals surface area (Å²) >= 11 is 1.45. The highest BCUT2D eigenvalue weighted by atomic mass is 32.2. The van der Waals surface area contributed by atoms with Crippen LogP contribution in [0.15, 0.2) is 39.9 Å². The van der Waals surface area contributed by atoms with Crippen LogP contribution in [0.5, 0.6) is 0 Å². The summed E-state index contributed by atoms with van der Waals surface area (Å²) in [5, 5.41) is 28.7. The van der Waals surface area contributed by atoms with E-state index in [-0.39, 0.29) is 22.8 Å². The molecule has 1 atom stereocenters. The number of sulfonamides is 1. The SMILES string of the molecule is CC(O)(CNc1ccc(S(=O)(=O)N2CCCCCC2)cc1[N+](=O)[O-])c1ccsc1. The Hall–Kier alpha value is -2.01. The predicted octanol–water partition coefficient (Wildman–Crippen LogP) is 3.54. The van der Waals surface area contributed by atoms with E-state index in [0.717, 1.165) is 31.7 Å². The molecule has 0 aliphatic carbocycles. The van der Waals surface area contributed by atoms with E-state index in [9.17, 15) is 23.6 Å². The first-order chi connectivity index (χ1) is 13.7. The number of hydrogen-bond donors (Lipinski definition) is 2. The van der Waals surface area contributed by atoms with E-state index in [2.05, 4.69) is 5.32 Å². The van der Waals surface area contributed by atoms with Gasteiger partial charge < -0.3 is 10.4 Å². The minimum absolute atomic E-state index is 0.0444. The van der Waals surface area contributed by atoms with E-state index >= 15 is 0 Å². The van der Waals surface area contributed by atoms with E-state index in [1.807, 2.05) is 10.8 Å². The van der Waals surface area contributed by atoms with Crippen LogP contribution in [0.3, 0.4) is 0 Å². The van der Waals surface area contributed by atoms with E-state index in [4.69, 9.17) is 0 Å².